The van der Waals surface area contributed by atoms with Gasteiger partial charge in [0, 0.05) is 17.8 Å². The molecule has 2 N–H and O–H groups in total. The van der Waals surface area contributed by atoms with E-state index in [1.807, 2.05) is 36.4 Å². The molecule has 0 spiro atoms. The number of carbonyl (C=O) groups is 3. The summed E-state index contributed by atoms with van der Waals surface area (Å²) in [7, 11) is 2.93. The molecule has 3 atom stereocenters. The SMILES string of the molecule is COC(=O)C(F)(F)F.C[N+]1(Cc2ccc(CC(=O)NCc3ccc(C4C(CCC(O)c5ccc(F)cc5)C(=O)N4c4ccc(F)cc4)cc3)cc2)CCOCC1. The number of carbonyl (C=O) groups excluding carboxylic acids is 3. The number of aliphatic hydroxyl groups excluding tert-OH is 1. The third-order valence-corrected chi connectivity index (χ3v) is 10.1. The van der Waals surface area contributed by atoms with Crippen molar-refractivity contribution >= 4 is 23.5 Å². The number of nitrogens with zero attached hydrogens (tertiary/aromatic N) is 2. The Morgan fingerprint density at radius 3 is 1.98 bits per heavy atom. The minimum absolute atomic E-state index is 0.0640. The summed E-state index contributed by atoms with van der Waals surface area (Å²) in [5.74, 6) is -3.48. The Hall–Kier alpha value is -5.18. The summed E-state index contributed by atoms with van der Waals surface area (Å²) in [5, 5.41) is 13.7. The van der Waals surface area contributed by atoms with Crippen LogP contribution in [0.15, 0.2) is 97.1 Å². The predicted octanol–water partition coefficient (Wildman–Crippen LogP) is 6.74. The van der Waals surface area contributed by atoms with Crippen molar-refractivity contribution in [3.63, 3.8) is 0 Å². The molecule has 56 heavy (non-hydrogen) atoms. The van der Waals surface area contributed by atoms with E-state index in [2.05, 4.69) is 29.2 Å². The van der Waals surface area contributed by atoms with Crippen LogP contribution in [-0.4, -0.2) is 74.0 Å². The van der Waals surface area contributed by atoms with Crippen LogP contribution in [0.3, 0.4) is 0 Å². The topological polar surface area (TPSA) is 105 Å². The summed E-state index contributed by atoms with van der Waals surface area (Å²) in [6, 6.07) is 27.3. The number of ether oxygens (including phenoxy) is 2. The van der Waals surface area contributed by atoms with Crippen LogP contribution in [0.5, 0.6) is 0 Å². The fourth-order valence-electron chi connectivity index (χ4n) is 6.83. The molecule has 4 aromatic carbocycles. The van der Waals surface area contributed by atoms with Crippen LogP contribution >= 0.6 is 0 Å². The Labute approximate surface area is 322 Å². The average molecular weight is 783 g/mol. The van der Waals surface area contributed by atoms with E-state index in [0.29, 0.717) is 44.2 Å². The Balaban J connectivity index is 0.000000677. The van der Waals surface area contributed by atoms with Gasteiger partial charge in [-0.05, 0) is 71.5 Å². The van der Waals surface area contributed by atoms with Crippen molar-refractivity contribution in [1.29, 1.82) is 0 Å². The lowest BCUT2D eigenvalue weighted by atomic mass is 9.78. The molecule has 4 aromatic rings. The van der Waals surface area contributed by atoms with E-state index in [1.165, 1.54) is 29.8 Å². The normalized spacial score (nSPS) is 18.2. The quantitative estimate of drug-likeness (QED) is 0.0715. The fraction of sp³-hybridized carbons (Fsp3) is 0.357. The molecule has 3 unspecified atom stereocenters. The van der Waals surface area contributed by atoms with E-state index in [0.717, 1.165) is 54.0 Å². The summed E-state index contributed by atoms with van der Waals surface area (Å²) in [6.07, 6.45) is -4.64. The van der Waals surface area contributed by atoms with Crippen molar-refractivity contribution in [3.8, 4) is 0 Å². The third kappa shape index (κ3) is 11.2. The van der Waals surface area contributed by atoms with Crippen LogP contribution in [0.4, 0.5) is 27.6 Å². The number of rotatable bonds is 12. The number of alkyl halides is 3. The number of benzene rings is 4. The van der Waals surface area contributed by atoms with Crippen molar-refractivity contribution in [3.05, 3.63) is 137 Å². The highest BCUT2D eigenvalue weighted by atomic mass is 19.4. The summed E-state index contributed by atoms with van der Waals surface area (Å²) >= 11 is 0. The Morgan fingerprint density at radius 1 is 0.875 bits per heavy atom. The summed E-state index contributed by atoms with van der Waals surface area (Å²) in [6.45, 7) is 4.89. The molecule has 9 nitrogen and oxygen atoms in total. The van der Waals surface area contributed by atoms with Crippen LogP contribution in [0.1, 0.15) is 52.8 Å². The number of likely N-dealkylation sites (N-methyl/N-ethyl adjacent to an activating group) is 1. The molecular weight excluding hydrogens is 737 g/mol. The largest absolute Gasteiger partial charge is 0.490 e. The lowest BCUT2D eigenvalue weighted by Crippen LogP contribution is -2.55. The molecule has 2 amide bonds. The molecule has 0 aromatic heterocycles. The Bertz CT molecular complexity index is 1920. The highest BCUT2D eigenvalue weighted by molar-refractivity contribution is 6.03. The molecule has 0 bridgehead atoms. The van der Waals surface area contributed by atoms with Crippen molar-refractivity contribution in [1.82, 2.24) is 5.32 Å². The molecule has 0 saturated carbocycles. The van der Waals surface area contributed by atoms with Gasteiger partial charge in [-0.25, -0.2) is 13.6 Å². The van der Waals surface area contributed by atoms with Gasteiger partial charge >= 0.3 is 12.1 Å². The van der Waals surface area contributed by atoms with Crippen molar-refractivity contribution < 1.29 is 55.4 Å². The van der Waals surface area contributed by atoms with E-state index in [9.17, 15) is 41.4 Å². The number of aliphatic hydroxyl groups is 1. The van der Waals surface area contributed by atoms with E-state index in [-0.39, 0.29) is 35.4 Å². The second kappa shape index (κ2) is 18.6. The minimum Gasteiger partial charge on any atom is -0.462 e. The second-order valence-corrected chi connectivity index (χ2v) is 14.2. The van der Waals surface area contributed by atoms with Crippen molar-refractivity contribution in [2.75, 3.05) is 45.4 Å². The number of morpholine rings is 1. The number of hydrogen-bond donors (Lipinski definition) is 2. The number of methoxy groups -OCH3 is 1. The molecular formula is C42H45F5N3O6+. The lowest BCUT2D eigenvalue weighted by molar-refractivity contribution is -0.929. The molecule has 2 saturated heterocycles. The van der Waals surface area contributed by atoms with Crippen LogP contribution in [0.2, 0.25) is 0 Å². The molecule has 0 aliphatic carbocycles. The number of esters is 1. The zero-order valence-corrected chi connectivity index (χ0v) is 31.1. The minimum atomic E-state index is -4.85. The first-order chi connectivity index (χ1) is 26.7. The number of quaternary nitrogens is 1. The lowest BCUT2D eigenvalue weighted by Gasteiger charge is -2.48. The zero-order chi connectivity index (χ0) is 40.5. The van der Waals surface area contributed by atoms with Crippen LogP contribution in [-0.2, 0) is 43.4 Å². The molecule has 14 heteroatoms. The van der Waals surface area contributed by atoms with Gasteiger partial charge in [0.05, 0.1) is 51.9 Å². The molecule has 298 valence electrons. The van der Waals surface area contributed by atoms with E-state index >= 15 is 0 Å². The summed E-state index contributed by atoms with van der Waals surface area (Å²) < 4.78 is 69.8. The fourth-order valence-corrected chi connectivity index (χ4v) is 6.83. The van der Waals surface area contributed by atoms with Crippen molar-refractivity contribution in [2.24, 2.45) is 5.92 Å². The third-order valence-electron chi connectivity index (χ3n) is 10.1. The molecule has 2 heterocycles. The van der Waals surface area contributed by atoms with Gasteiger partial charge in [-0.2, -0.15) is 13.2 Å². The zero-order valence-electron chi connectivity index (χ0n) is 31.1. The number of β-lactam (4-membered cyclic amide) rings is 1. The van der Waals surface area contributed by atoms with Gasteiger partial charge < -0.3 is 29.3 Å². The van der Waals surface area contributed by atoms with Crippen LogP contribution in [0.25, 0.3) is 0 Å². The van der Waals surface area contributed by atoms with Gasteiger partial charge in [0.15, 0.2) is 0 Å². The number of hydrogen-bond acceptors (Lipinski definition) is 6. The number of anilines is 1. The van der Waals surface area contributed by atoms with Crippen molar-refractivity contribution in [2.45, 2.75) is 50.7 Å². The maximum atomic E-state index is 13.7. The highest BCUT2D eigenvalue weighted by Crippen LogP contribution is 2.46. The standard InChI is InChI=1S/C39H41F2N3O4.C3H3F3O2/c1-44(20-22-48-23-21-44)26-29-4-2-27(3-5-29)24-37(46)42-25-28-6-8-31(9-7-28)38-35(18-19-36(45)30-10-12-32(40)13-11-30)39(47)43(38)34-16-14-33(41)15-17-34;1-8-2(7)3(4,5)6/h2-17,35-36,38,45H,18-26H2,1H3;1H3/p+1. The Morgan fingerprint density at radius 2 is 1.43 bits per heavy atom. The van der Waals surface area contributed by atoms with Gasteiger partial charge in [0.1, 0.15) is 31.3 Å². The van der Waals surface area contributed by atoms with Gasteiger partial charge in [-0.3, -0.25) is 9.59 Å². The molecule has 2 aliphatic rings. The first-order valence-electron chi connectivity index (χ1n) is 18.2. The summed E-state index contributed by atoms with van der Waals surface area (Å²) in [4.78, 5) is 37.3. The first kappa shape index (κ1) is 42.0. The molecule has 0 radical (unpaired) electrons. The van der Waals surface area contributed by atoms with Crippen LogP contribution in [0, 0.1) is 17.6 Å². The second-order valence-electron chi connectivity index (χ2n) is 14.2. The molecule has 6 rings (SSSR count). The predicted molar refractivity (Wildman–Crippen MR) is 198 cm³/mol. The summed E-state index contributed by atoms with van der Waals surface area (Å²) in [5.41, 5.74) is 5.24. The molecule has 2 fully saturated rings. The smallest absolute Gasteiger partial charge is 0.462 e. The number of nitrogens with one attached hydrogen (secondary N) is 1. The van der Waals surface area contributed by atoms with E-state index in [1.54, 1.807) is 29.2 Å². The maximum Gasteiger partial charge on any atom is 0.490 e. The number of halogens is 5. The number of amides is 2. The Kier molecular flexibility index (Phi) is 14.0. The van der Waals surface area contributed by atoms with E-state index in [4.69, 9.17) is 4.74 Å². The molecule has 2 aliphatic heterocycles. The van der Waals surface area contributed by atoms with Gasteiger partial charge in [0.25, 0.3) is 0 Å². The maximum absolute atomic E-state index is 13.7. The van der Waals surface area contributed by atoms with Gasteiger partial charge in [0.2, 0.25) is 11.8 Å². The average Bonchev–Trinajstić information content (AvgIpc) is 3.18. The van der Waals surface area contributed by atoms with E-state index < -0.39 is 18.2 Å². The van der Waals surface area contributed by atoms with Gasteiger partial charge in [-0.1, -0.05) is 60.7 Å². The first-order valence-corrected chi connectivity index (χ1v) is 18.2. The van der Waals surface area contributed by atoms with Gasteiger partial charge in [-0.15, -0.1) is 0 Å². The highest BCUT2D eigenvalue weighted by Gasteiger charge is 2.48. The van der Waals surface area contributed by atoms with Crippen LogP contribution < -0.4 is 10.2 Å². The monoisotopic (exact) mass is 782 g/mol.